The molecule has 0 aliphatic heterocycles. The van der Waals surface area contributed by atoms with E-state index in [1.54, 1.807) is 24.3 Å². The van der Waals surface area contributed by atoms with E-state index in [1.165, 1.54) is 7.11 Å². The van der Waals surface area contributed by atoms with Gasteiger partial charge in [-0.05, 0) is 18.6 Å². The molecule has 1 rings (SSSR count). The van der Waals surface area contributed by atoms with Crippen LogP contribution in [-0.2, 0) is 9.53 Å². The molecule has 98 valence electrons. The summed E-state index contributed by atoms with van der Waals surface area (Å²) in [6.07, 6.45) is 1.78. The van der Waals surface area contributed by atoms with E-state index in [4.69, 9.17) is 0 Å². The highest BCUT2D eigenvalue weighted by molar-refractivity contribution is 6.01. The number of methoxy groups -OCH3 is 1. The van der Waals surface area contributed by atoms with E-state index < -0.39 is 5.97 Å². The van der Waals surface area contributed by atoms with E-state index in [0.717, 1.165) is 12.8 Å². The van der Waals surface area contributed by atoms with E-state index in [-0.39, 0.29) is 11.8 Å². The Hall–Kier alpha value is -1.84. The Labute approximate surface area is 107 Å². The Morgan fingerprint density at radius 3 is 2.61 bits per heavy atom. The van der Waals surface area contributed by atoms with Gasteiger partial charge >= 0.3 is 5.97 Å². The maximum atomic E-state index is 11.9. The molecule has 18 heavy (non-hydrogen) atoms. The smallest absolute Gasteiger partial charge is 0.339 e. The number of carbonyl (C=O) groups excluding carboxylic acids is 2. The van der Waals surface area contributed by atoms with E-state index >= 15 is 0 Å². The molecule has 0 aromatic heterocycles. The van der Waals surface area contributed by atoms with Gasteiger partial charge in [-0.2, -0.15) is 0 Å². The number of carbonyl (C=O) groups is 2. The predicted octanol–water partition coefficient (Wildman–Crippen LogP) is 2.85. The van der Waals surface area contributed by atoms with Gasteiger partial charge in [0.25, 0.3) is 0 Å². The first-order valence-corrected chi connectivity index (χ1v) is 6.08. The molecule has 1 amide bonds. The van der Waals surface area contributed by atoms with Crippen molar-refractivity contribution in [3.63, 3.8) is 0 Å². The number of para-hydroxylation sites is 1. The Bertz CT molecular complexity index is 429. The molecule has 0 radical (unpaired) electrons. The number of hydrogen-bond acceptors (Lipinski definition) is 3. The van der Waals surface area contributed by atoms with Crippen LogP contribution in [0.5, 0.6) is 0 Å². The monoisotopic (exact) mass is 249 g/mol. The third-order valence-electron chi connectivity index (χ3n) is 2.76. The fraction of sp³-hybridized carbons (Fsp3) is 0.429. The van der Waals surface area contributed by atoms with Crippen molar-refractivity contribution in [2.75, 3.05) is 12.4 Å². The number of benzene rings is 1. The van der Waals surface area contributed by atoms with Crippen LogP contribution in [0.4, 0.5) is 5.69 Å². The quantitative estimate of drug-likeness (QED) is 0.816. The second kappa shape index (κ2) is 6.79. The lowest BCUT2D eigenvalue weighted by Crippen LogP contribution is -2.21. The van der Waals surface area contributed by atoms with Crippen molar-refractivity contribution in [3.05, 3.63) is 29.8 Å². The minimum atomic E-state index is -0.450. The fourth-order valence-corrected chi connectivity index (χ4v) is 1.70. The highest BCUT2D eigenvalue weighted by atomic mass is 16.5. The molecule has 4 nitrogen and oxygen atoms in total. The summed E-state index contributed by atoms with van der Waals surface area (Å²) in [5, 5.41) is 2.77. The average molecular weight is 249 g/mol. The molecule has 0 unspecified atom stereocenters. The van der Waals surface area contributed by atoms with E-state index in [2.05, 4.69) is 10.1 Å². The minimum Gasteiger partial charge on any atom is -0.465 e. The van der Waals surface area contributed by atoms with Crippen molar-refractivity contribution < 1.29 is 14.3 Å². The number of anilines is 1. The van der Waals surface area contributed by atoms with Crippen molar-refractivity contribution in [3.8, 4) is 0 Å². The molecule has 4 heteroatoms. The Kier molecular flexibility index (Phi) is 5.36. The highest BCUT2D eigenvalue weighted by Crippen LogP contribution is 2.18. The van der Waals surface area contributed by atoms with Crippen molar-refractivity contribution in [1.29, 1.82) is 0 Å². The summed E-state index contributed by atoms with van der Waals surface area (Å²) in [4.78, 5) is 23.4. The molecule has 0 fully saturated rings. The van der Waals surface area contributed by atoms with Crippen LogP contribution < -0.4 is 5.32 Å². The number of nitrogens with one attached hydrogen (secondary N) is 1. The van der Waals surface area contributed by atoms with Gasteiger partial charge in [0.2, 0.25) is 5.91 Å². The van der Waals surface area contributed by atoms with Gasteiger partial charge < -0.3 is 10.1 Å². The van der Waals surface area contributed by atoms with E-state index in [9.17, 15) is 9.59 Å². The van der Waals surface area contributed by atoms with Crippen LogP contribution in [0.1, 0.15) is 37.0 Å². The van der Waals surface area contributed by atoms with E-state index in [1.807, 2.05) is 13.8 Å². The zero-order valence-corrected chi connectivity index (χ0v) is 11.0. The first kappa shape index (κ1) is 14.2. The van der Waals surface area contributed by atoms with Gasteiger partial charge in [-0.15, -0.1) is 0 Å². The molecular formula is C14H19NO3. The summed E-state index contributed by atoms with van der Waals surface area (Å²) in [5.74, 6) is -0.594. The number of hydrogen-bond donors (Lipinski definition) is 1. The largest absolute Gasteiger partial charge is 0.465 e. The van der Waals surface area contributed by atoms with Gasteiger partial charge in [-0.25, -0.2) is 4.79 Å². The number of rotatable bonds is 5. The van der Waals surface area contributed by atoms with Crippen LogP contribution in [0.15, 0.2) is 24.3 Å². The minimum absolute atomic E-state index is 0.0688. The molecule has 0 saturated carbocycles. The summed E-state index contributed by atoms with van der Waals surface area (Å²) in [5.41, 5.74) is 0.870. The number of esters is 1. The first-order chi connectivity index (χ1) is 8.60. The second-order valence-electron chi connectivity index (χ2n) is 4.22. The summed E-state index contributed by atoms with van der Waals surface area (Å²) in [6, 6.07) is 6.83. The van der Waals surface area contributed by atoms with Crippen molar-refractivity contribution in [2.24, 2.45) is 5.92 Å². The Balaban J connectivity index is 2.84. The highest BCUT2D eigenvalue weighted by Gasteiger charge is 2.16. The van der Waals surface area contributed by atoms with Crippen molar-refractivity contribution in [1.82, 2.24) is 0 Å². The summed E-state index contributed by atoms with van der Waals surface area (Å²) in [7, 11) is 1.32. The second-order valence-corrected chi connectivity index (χ2v) is 4.22. The van der Waals surface area contributed by atoms with Crippen molar-refractivity contribution >= 4 is 17.6 Å². The number of amides is 1. The van der Waals surface area contributed by atoms with Gasteiger partial charge in [0.1, 0.15) is 0 Å². The van der Waals surface area contributed by atoms with Gasteiger partial charge in [0, 0.05) is 5.92 Å². The first-order valence-electron chi connectivity index (χ1n) is 6.08. The Morgan fingerprint density at radius 1 is 1.33 bits per heavy atom. The van der Waals surface area contributed by atoms with Gasteiger partial charge in [-0.3, -0.25) is 4.79 Å². The molecule has 0 bridgehead atoms. The van der Waals surface area contributed by atoms with E-state index in [0.29, 0.717) is 11.3 Å². The standard InChI is InChI=1S/C14H19NO3/c1-4-7-10(2)13(16)15-12-9-6-5-8-11(12)14(17)18-3/h5-6,8-10H,4,7H2,1-3H3,(H,15,16)/t10-/m1/s1. The molecular weight excluding hydrogens is 230 g/mol. The third kappa shape index (κ3) is 3.58. The lowest BCUT2D eigenvalue weighted by molar-refractivity contribution is -0.119. The van der Waals surface area contributed by atoms with Crippen LogP contribution in [0, 0.1) is 5.92 Å². The molecule has 0 heterocycles. The normalized spacial score (nSPS) is 11.7. The zero-order valence-electron chi connectivity index (χ0n) is 11.0. The van der Waals surface area contributed by atoms with Crippen LogP contribution in [0.3, 0.4) is 0 Å². The number of ether oxygens (including phenoxy) is 1. The molecule has 0 saturated heterocycles. The zero-order chi connectivity index (χ0) is 13.5. The molecule has 0 spiro atoms. The maximum Gasteiger partial charge on any atom is 0.339 e. The van der Waals surface area contributed by atoms with Crippen LogP contribution in [0.2, 0.25) is 0 Å². The SMILES string of the molecule is CCC[C@@H](C)C(=O)Nc1ccccc1C(=O)OC. The van der Waals surface area contributed by atoms with Crippen LogP contribution in [-0.4, -0.2) is 19.0 Å². The summed E-state index contributed by atoms with van der Waals surface area (Å²) >= 11 is 0. The predicted molar refractivity (Wildman–Crippen MR) is 70.5 cm³/mol. The average Bonchev–Trinajstić information content (AvgIpc) is 2.38. The molecule has 0 aliphatic carbocycles. The maximum absolute atomic E-state index is 11.9. The summed E-state index contributed by atoms with van der Waals surface area (Å²) in [6.45, 7) is 3.91. The molecule has 1 aromatic rings. The topological polar surface area (TPSA) is 55.4 Å². The van der Waals surface area contributed by atoms with Gasteiger partial charge in [0.05, 0.1) is 18.4 Å². The van der Waals surface area contributed by atoms with Gasteiger partial charge in [0.15, 0.2) is 0 Å². The molecule has 1 aromatic carbocycles. The lowest BCUT2D eigenvalue weighted by atomic mass is 10.0. The Morgan fingerprint density at radius 2 is 2.00 bits per heavy atom. The van der Waals surface area contributed by atoms with Crippen molar-refractivity contribution in [2.45, 2.75) is 26.7 Å². The lowest BCUT2D eigenvalue weighted by Gasteiger charge is -2.13. The van der Waals surface area contributed by atoms with Gasteiger partial charge in [-0.1, -0.05) is 32.4 Å². The van der Waals surface area contributed by atoms with Crippen LogP contribution in [0.25, 0.3) is 0 Å². The third-order valence-corrected chi connectivity index (χ3v) is 2.76. The molecule has 0 aliphatic rings. The molecule has 1 atom stereocenters. The fourth-order valence-electron chi connectivity index (χ4n) is 1.70. The molecule has 1 N–H and O–H groups in total. The summed E-state index contributed by atoms with van der Waals surface area (Å²) < 4.78 is 4.68. The van der Waals surface area contributed by atoms with Crippen LogP contribution >= 0.6 is 0 Å².